The number of nitrogens with one attached hydrogen (secondary N) is 1. The van der Waals surface area contributed by atoms with Gasteiger partial charge in [0.1, 0.15) is 5.92 Å². The summed E-state index contributed by atoms with van der Waals surface area (Å²) in [5.74, 6) is -4.59. The first-order valence-corrected chi connectivity index (χ1v) is 14.0. The van der Waals surface area contributed by atoms with Crippen LogP contribution in [0.1, 0.15) is 58.1 Å². The minimum atomic E-state index is -4.08. The molecule has 2 aromatic rings. The lowest BCUT2D eigenvalue weighted by molar-refractivity contribution is -0.167. The highest BCUT2D eigenvalue weighted by Gasteiger charge is 2.56. The van der Waals surface area contributed by atoms with Crippen LogP contribution in [-0.4, -0.2) is 49.0 Å². The maximum absolute atomic E-state index is 13.5. The number of hydrazone groups is 1. The molecule has 1 aliphatic carbocycles. The highest BCUT2D eigenvalue weighted by atomic mass is 32.2. The van der Waals surface area contributed by atoms with E-state index >= 15 is 0 Å². The van der Waals surface area contributed by atoms with Gasteiger partial charge in [-0.15, -0.1) is 0 Å². The molecule has 2 aromatic carbocycles. The zero-order valence-electron chi connectivity index (χ0n) is 22.5. The molecule has 0 saturated heterocycles. The zero-order chi connectivity index (χ0) is 28.3. The topological polar surface area (TPSA) is 131 Å². The Morgan fingerprint density at radius 1 is 0.974 bits per heavy atom. The second kappa shape index (κ2) is 11.7. The van der Waals surface area contributed by atoms with Gasteiger partial charge in [0.2, 0.25) is 0 Å². The number of carbonyl (C=O) groups excluding carboxylic acids is 2. The molecule has 10 heteroatoms. The van der Waals surface area contributed by atoms with Crippen LogP contribution in [0.2, 0.25) is 0 Å². The lowest BCUT2D eigenvalue weighted by Gasteiger charge is -2.45. The molecule has 0 aromatic heterocycles. The number of sulfonamides is 1. The number of benzene rings is 2. The average molecular weight is 545 g/mol. The number of nitrogens with zero attached hydrogens (tertiary/aromatic N) is 1. The lowest BCUT2D eigenvalue weighted by atomic mass is 9.61. The standard InChI is InChI=1S/C28H36N2O7S/c1-17(2)36-26(31)24-22(29-30-38(34,35)21-14-12-19(5)13-15-21)16-28(6,33)25(27(32)37-18(3)4)23(24)20-10-8-7-9-11-20/h7-15,17-18,23-25,30,33H,16H2,1-6H3. The average Bonchev–Trinajstić information content (AvgIpc) is 2.81. The molecule has 4 unspecified atom stereocenters. The van der Waals surface area contributed by atoms with Crippen LogP contribution in [0, 0.1) is 18.8 Å². The normalized spacial score (nSPS) is 24.9. The molecule has 0 spiro atoms. The van der Waals surface area contributed by atoms with E-state index in [4.69, 9.17) is 9.47 Å². The van der Waals surface area contributed by atoms with Gasteiger partial charge in [-0.1, -0.05) is 48.0 Å². The quantitative estimate of drug-likeness (QED) is 0.383. The largest absolute Gasteiger partial charge is 0.463 e. The summed E-state index contributed by atoms with van der Waals surface area (Å²) in [5.41, 5.74) is -0.188. The summed E-state index contributed by atoms with van der Waals surface area (Å²) >= 11 is 0. The summed E-state index contributed by atoms with van der Waals surface area (Å²) in [4.78, 5) is 29.1. The molecule has 0 heterocycles. The van der Waals surface area contributed by atoms with E-state index in [0.29, 0.717) is 5.56 Å². The van der Waals surface area contributed by atoms with Crippen LogP contribution in [0.4, 0.5) is 0 Å². The highest BCUT2D eigenvalue weighted by molar-refractivity contribution is 7.89. The van der Waals surface area contributed by atoms with Gasteiger partial charge in [-0.3, -0.25) is 9.59 Å². The number of aryl methyl sites for hydroxylation is 1. The summed E-state index contributed by atoms with van der Waals surface area (Å²) in [5, 5.41) is 15.7. The van der Waals surface area contributed by atoms with Crippen molar-refractivity contribution in [3.63, 3.8) is 0 Å². The number of esters is 2. The Kier molecular flexibility index (Phi) is 8.99. The van der Waals surface area contributed by atoms with Crippen LogP contribution in [0.25, 0.3) is 0 Å². The van der Waals surface area contributed by atoms with Crippen LogP contribution in [0.3, 0.4) is 0 Å². The number of carbonyl (C=O) groups is 2. The van der Waals surface area contributed by atoms with Crippen molar-refractivity contribution in [2.45, 2.75) is 76.6 Å². The Hall–Kier alpha value is -3.24. The van der Waals surface area contributed by atoms with Gasteiger partial charge in [-0.05, 0) is 59.2 Å². The molecule has 4 atom stereocenters. The van der Waals surface area contributed by atoms with Gasteiger partial charge in [0.25, 0.3) is 10.0 Å². The highest BCUT2D eigenvalue weighted by Crippen LogP contribution is 2.47. The summed E-state index contributed by atoms with van der Waals surface area (Å²) in [6.45, 7) is 10.1. The van der Waals surface area contributed by atoms with Gasteiger partial charge < -0.3 is 14.6 Å². The third kappa shape index (κ3) is 6.79. The summed E-state index contributed by atoms with van der Waals surface area (Å²) < 4.78 is 37.0. The second-order valence-electron chi connectivity index (χ2n) is 10.4. The van der Waals surface area contributed by atoms with Crippen molar-refractivity contribution in [1.29, 1.82) is 0 Å². The smallest absolute Gasteiger partial charge is 0.315 e. The predicted molar refractivity (Wildman–Crippen MR) is 143 cm³/mol. The molecular weight excluding hydrogens is 508 g/mol. The number of aliphatic hydroxyl groups is 1. The van der Waals surface area contributed by atoms with Crippen molar-refractivity contribution in [1.82, 2.24) is 4.83 Å². The molecular formula is C28H36N2O7S. The molecule has 2 N–H and O–H groups in total. The van der Waals surface area contributed by atoms with Gasteiger partial charge in [-0.25, -0.2) is 4.83 Å². The van der Waals surface area contributed by atoms with Gasteiger partial charge in [-0.2, -0.15) is 13.5 Å². The molecule has 3 rings (SSSR count). The number of rotatable bonds is 8. The molecule has 0 amide bonds. The van der Waals surface area contributed by atoms with Crippen LogP contribution in [0.5, 0.6) is 0 Å². The van der Waals surface area contributed by atoms with Gasteiger partial charge in [0.05, 0.1) is 34.3 Å². The third-order valence-electron chi connectivity index (χ3n) is 6.32. The van der Waals surface area contributed by atoms with Crippen LogP contribution in [0.15, 0.2) is 64.6 Å². The fourth-order valence-electron chi connectivity index (χ4n) is 4.73. The van der Waals surface area contributed by atoms with E-state index in [2.05, 4.69) is 9.93 Å². The Morgan fingerprint density at radius 2 is 1.53 bits per heavy atom. The minimum Gasteiger partial charge on any atom is -0.463 e. The van der Waals surface area contributed by atoms with E-state index in [9.17, 15) is 23.1 Å². The van der Waals surface area contributed by atoms with Crippen molar-refractivity contribution >= 4 is 27.7 Å². The van der Waals surface area contributed by atoms with Gasteiger partial charge in [0.15, 0.2) is 0 Å². The second-order valence-corrected chi connectivity index (χ2v) is 12.1. The van der Waals surface area contributed by atoms with Crippen LogP contribution < -0.4 is 4.83 Å². The fourth-order valence-corrected chi connectivity index (χ4v) is 5.56. The lowest BCUT2D eigenvalue weighted by Crippen LogP contribution is -2.56. The first-order chi connectivity index (χ1) is 17.7. The van der Waals surface area contributed by atoms with E-state index in [1.54, 1.807) is 70.2 Å². The molecule has 9 nitrogen and oxygen atoms in total. The zero-order valence-corrected chi connectivity index (χ0v) is 23.4. The summed E-state index contributed by atoms with van der Waals surface area (Å²) in [6.07, 6.45) is -1.19. The van der Waals surface area contributed by atoms with Crippen molar-refractivity contribution in [3.8, 4) is 0 Å². The van der Waals surface area contributed by atoms with E-state index in [1.165, 1.54) is 19.1 Å². The van der Waals surface area contributed by atoms with E-state index in [0.717, 1.165) is 5.56 Å². The molecule has 206 valence electrons. The molecule has 1 fully saturated rings. The predicted octanol–water partition coefficient (Wildman–Crippen LogP) is 3.70. The van der Waals surface area contributed by atoms with Crippen LogP contribution >= 0.6 is 0 Å². The molecule has 0 aliphatic heterocycles. The first-order valence-electron chi connectivity index (χ1n) is 12.6. The summed E-state index contributed by atoms with van der Waals surface area (Å²) in [6, 6.07) is 15.0. The van der Waals surface area contributed by atoms with Crippen molar-refractivity contribution in [3.05, 3.63) is 65.7 Å². The Balaban J connectivity index is 2.15. The number of hydrogen-bond donors (Lipinski definition) is 2. The number of hydrogen-bond acceptors (Lipinski definition) is 8. The SMILES string of the molecule is Cc1ccc(S(=O)(=O)NN=C2CC(C)(O)C(C(=O)OC(C)C)C(c3ccccc3)C2C(=O)OC(C)C)cc1. The van der Waals surface area contributed by atoms with Crippen molar-refractivity contribution in [2.75, 3.05) is 0 Å². The van der Waals surface area contributed by atoms with Gasteiger partial charge in [0, 0.05) is 12.3 Å². The van der Waals surface area contributed by atoms with E-state index < -0.39 is 57.5 Å². The number of ether oxygens (including phenoxy) is 2. The molecule has 0 radical (unpaired) electrons. The maximum Gasteiger partial charge on any atom is 0.315 e. The Labute approximate surface area is 224 Å². The summed E-state index contributed by atoms with van der Waals surface area (Å²) in [7, 11) is -4.08. The molecule has 1 aliphatic rings. The van der Waals surface area contributed by atoms with Gasteiger partial charge >= 0.3 is 11.9 Å². The van der Waals surface area contributed by atoms with Crippen molar-refractivity contribution in [2.24, 2.45) is 16.9 Å². The van der Waals surface area contributed by atoms with Crippen LogP contribution in [-0.2, 0) is 29.1 Å². The molecule has 38 heavy (non-hydrogen) atoms. The van der Waals surface area contributed by atoms with E-state index in [-0.39, 0.29) is 17.0 Å². The molecule has 0 bridgehead atoms. The monoisotopic (exact) mass is 544 g/mol. The Bertz CT molecular complexity index is 1270. The fraction of sp³-hybridized carbons (Fsp3) is 0.464. The van der Waals surface area contributed by atoms with Crippen molar-refractivity contribution < 1.29 is 32.6 Å². The Morgan fingerprint density at radius 3 is 2.08 bits per heavy atom. The molecule has 1 saturated carbocycles. The third-order valence-corrected chi connectivity index (χ3v) is 7.55. The minimum absolute atomic E-state index is 0.00526. The maximum atomic E-state index is 13.5. The first kappa shape index (κ1) is 29.3. The van der Waals surface area contributed by atoms with E-state index in [1.807, 2.05) is 6.92 Å².